The van der Waals surface area contributed by atoms with Crippen molar-refractivity contribution < 1.29 is 4.74 Å². The van der Waals surface area contributed by atoms with E-state index in [2.05, 4.69) is 47.6 Å². The van der Waals surface area contributed by atoms with Gasteiger partial charge in [0.25, 0.3) is 0 Å². The summed E-state index contributed by atoms with van der Waals surface area (Å²) in [5, 5.41) is 3.63. The van der Waals surface area contributed by atoms with Crippen LogP contribution in [0, 0.1) is 6.92 Å². The van der Waals surface area contributed by atoms with Crippen molar-refractivity contribution in [3.05, 3.63) is 58.9 Å². The first kappa shape index (κ1) is 14.1. The molecule has 0 radical (unpaired) electrons. The second-order valence-electron chi connectivity index (χ2n) is 5.62. The van der Waals surface area contributed by atoms with E-state index < -0.39 is 0 Å². The van der Waals surface area contributed by atoms with Gasteiger partial charge in [-0.3, -0.25) is 4.98 Å². The number of fused-ring (bicyclic) bond motifs is 1. The van der Waals surface area contributed by atoms with Crippen molar-refractivity contribution in [2.75, 3.05) is 6.61 Å². The molecule has 0 amide bonds. The number of hydrogen-bond donors (Lipinski definition) is 1. The van der Waals surface area contributed by atoms with Gasteiger partial charge in [-0.15, -0.1) is 0 Å². The van der Waals surface area contributed by atoms with Crippen LogP contribution in [0.2, 0.25) is 0 Å². The molecule has 1 unspecified atom stereocenters. The summed E-state index contributed by atoms with van der Waals surface area (Å²) in [5.41, 5.74) is 4.97. The summed E-state index contributed by atoms with van der Waals surface area (Å²) in [4.78, 5) is 4.35. The van der Waals surface area contributed by atoms with Gasteiger partial charge in [0.15, 0.2) is 0 Å². The highest BCUT2D eigenvalue weighted by molar-refractivity contribution is 5.40. The van der Waals surface area contributed by atoms with Gasteiger partial charge in [-0.25, -0.2) is 0 Å². The van der Waals surface area contributed by atoms with Crippen LogP contribution in [0.4, 0.5) is 0 Å². The number of aryl methyl sites for hydroxylation is 1. The van der Waals surface area contributed by atoms with E-state index in [-0.39, 0.29) is 0 Å². The predicted molar refractivity (Wildman–Crippen MR) is 84.5 cm³/mol. The monoisotopic (exact) mass is 282 g/mol. The van der Waals surface area contributed by atoms with Gasteiger partial charge in [-0.2, -0.15) is 0 Å². The summed E-state index contributed by atoms with van der Waals surface area (Å²) in [6.45, 7) is 5.89. The first-order chi connectivity index (χ1) is 10.3. The summed E-state index contributed by atoms with van der Waals surface area (Å²) in [6.07, 6.45) is 4.05. The fraction of sp³-hybridized carbons (Fsp3) is 0.389. The Balaban J connectivity index is 1.68. The zero-order valence-corrected chi connectivity index (χ0v) is 12.7. The Bertz CT molecular complexity index is 607. The number of benzene rings is 1. The summed E-state index contributed by atoms with van der Waals surface area (Å²) in [6, 6.07) is 11.1. The molecule has 3 nitrogen and oxygen atoms in total. The summed E-state index contributed by atoms with van der Waals surface area (Å²) >= 11 is 0. The van der Waals surface area contributed by atoms with E-state index in [1.165, 1.54) is 16.7 Å². The number of nitrogens with one attached hydrogen (secondary N) is 1. The molecule has 2 aromatic rings. The molecule has 0 saturated carbocycles. The molecule has 110 valence electrons. The Kier molecular flexibility index (Phi) is 4.20. The third kappa shape index (κ3) is 3.24. The Morgan fingerprint density at radius 1 is 1.29 bits per heavy atom. The van der Waals surface area contributed by atoms with Crippen LogP contribution in [0.5, 0.6) is 5.75 Å². The van der Waals surface area contributed by atoms with Crippen LogP contribution in [0.25, 0.3) is 0 Å². The maximum absolute atomic E-state index is 5.58. The third-order valence-corrected chi connectivity index (χ3v) is 4.05. The lowest BCUT2D eigenvalue weighted by Gasteiger charge is -2.18. The molecule has 1 aliphatic rings. The lowest BCUT2D eigenvalue weighted by atomic mass is 10.0. The molecule has 21 heavy (non-hydrogen) atoms. The SMILES string of the molecule is CCC(NCc1ccc(C)nc1)c1ccc2c(c1)CCO2. The molecular weight excluding hydrogens is 260 g/mol. The molecule has 3 heteroatoms. The maximum atomic E-state index is 5.58. The largest absolute Gasteiger partial charge is 0.493 e. The molecule has 0 aliphatic carbocycles. The molecule has 2 heterocycles. The second-order valence-corrected chi connectivity index (χ2v) is 5.62. The molecule has 3 rings (SSSR count). The molecule has 0 spiro atoms. The van der Waals surface area contributed by atoms with Gasteiger partial charge in [0.2, 0.25) is 0 Å². The molecule has 1 aliphatic heterocycles. The highest BCUT2D eigenvalue weighted by Gasteiger charge is 2.15. The summed E-state index contributed by atoms with van der Waals surface area (Å²) in [5.74, 6) is 1.05. The van der Waals surface area contributed by atoms with Crippen molar-refractivity contribution in [2.45, 2.75) is 39.3 Å². The minimum Gasteiger partial charge on any atom is -0.493 e. The van der Waals surface area contributed by atoms with E-state index in [0.29, 0.717) is 6.04 Å². The number of ether oxygens (including phenoxy) is 1. The zero-order valence-electron chi connectivity index (χ0n) is 12.7. The van der Waals surface area contributed by atoms with Crippen LogP contribution in [-0.4, -0.2) is 11.6 Å². The molecule has 0 saturated heterocycles. The quantitative estimate of drug-likeness (QED) is 0.910. The van der Waals surface area contributed by atoms with Crippen LogP contribution < -0.4 is 10.1 Å². The second kappa shape index (κ2) is 6.27. The van der Waals surface area contributed by atoms with Gasteiger partial charge in [-0.1, -0.05) is 25.1 Å². The minimum atomic E-state index is 0.372. The zero-order chi connectivity index (χ0) is 14.7. The van der Waals surface area contributed by atoms with Crippen LogP contribution in [0.3, 0.4) is 0 Å². The van der Waals surface area contributed by atoms with Gasteiger partial charge in [0.1, 0.15) is 5.75 Å². The number of hydrogen-bond acceptors (Lipinski definition) is 3. The summed E-state index contributed by atoms with van der Waals surface area (Å²) < 4.78 is 5.58. The lowest BCUT2D eigenvalue weighted by Crippen LogP contribution is -2.20. The van der Waals surface area contributed by atoms with E-state index >= 15 is 0 Å². The smallest absolute Gasteiger partial charge is 0.122 e. The number of rotatable bonds is 5. The Morgan fingerprint density at radius 2 is 2.19 bits per heavy atom. The average Bonchev–Trinajstić information content (AvgIpc) is 2.97. The van der Waals surface area contributed by atoms with Crippen molar-refractivity contribution in [1.29, 1.82) is 0 Å². The molecule has 1 N–H and O–H groups in total. The fourth-order valence-corrected chi connectivity index (χ4v) is 2.77. The third-order valence-electron chi connectivity index (χ3n) is 4.05. The standard InChI is InChI=1S/C18H22N2O/c1-3-17(20-12-14-5-4-13(2)19-11-14)15-6-7-18-16(10-15)8-9-21-18/h4-7,10-11,17,20H,3,8-9,12H2,1-2H3. The van der Waals surface area contributed by atoms with Gasteiger partial charge >= 0.3 is 0 Å². The van der Waals surface area contributed by atoms with E-state index in [1.54, 1.807) is 0 Å². The molecule has 1 aromatic heterocycles. The molecular formula is C18H22N2O. The van der Waals surface area contributed by atoms with Crippen LogP contribution in [0.15, 0.2) is 36.5 Å². The number of pyridine rings is 1. The Morgan fingerprint density at radius 3 is 2.95 bits per heavy atom. The van der Waals surface area contributed by atoms with Crippen LogP contribution in [0.1, 0.15) is 41.8 Å². The Hall–Kier alpha value is -1.87. The van der Waals surface area contributed by atoms with E-state index in [0.717, 1.165) is 37.4 Å². The van der Waals surface area contributed by atoms with Gasteiger partial charge in [0, 0.05) is 30.9 Å². The summed E-state index contributed by atoms with van der Waals surface area (Å²) in [7, 11) is 0. The van der Waals surface area contributed by atoms with Crippen molar-refractivity contribution in [3.63, 3.8) is 0 Å². The molecule has 0 bridgehead atoms. The number of nitrogens with zero attached hydrogens (tertiary/aromatic N) is 1. The van der Waals surface area contributed by atoms with E-state index in [1.807, 2.05) is 13.1 Å². The first-order valence-electron chi connectivity index (χ1n) is 7.67. The van der Waals surface area contributed by atoms with E-state index in [9.17, 15) is 0 Å². The van der Waals surface area contributed by atoms with E-state index in [4.69, 9.17) is 4.74 Å². The molecule has 0 fully saturated rings. The van der Waals surface area contributed by atoms with Crippen molar-refractivity contribution >= 4 is 0 Å². The first-order valence-corrected chi connectivity index (χ1v) is 7.67. The maximum Gasteiger partial charge on any atom is 0.122 e. The lowest BCUT2D eigenvalue weighted by molar-refractivity contribution is 0.356. The van der Waals surface area contributed by atoms with Gasteiger partial charge < -0.3 is 10.1 Å². The van der Waals surface area contributed by atoms with Crippen molar-refractivity contribution in [1.82, 2.24) is 10.3 Å². The molecule has 1 aromatic carbocycles. The van der Waals surface area contributed by atoms with Crippen LogP contribution in [-0.2, 0) is 13.0 Å². The minimum absolute atomic E-state index is 0.372. The van der Waals surface area contributed by atoms with Crippen molar-refractivity contribution in [3.8, 4) is 5.75 Å². The van der Waals surface area contributed by atoms with Crippen LogP contribution >= 0.6 is 0 Å². The average molecular weight is 282 g/mol. The number of aromatic nitrogens is 1. The normalized spacial score (nSPS) is 14.6. The predicted octanol–water partition coefficient (Wildman–Crippen LogP) is 3.57. The highest BCUT2D eigenvalue weighted by atomic mass is 16.5. The highest BCUT2D eigenvalue weighted by Crippen LogP contribution is 2.29. The molecule has 1 atom stereocenters. The fourth-order valence-electron chi connectivity index (χ4n) is 2.77. The topological polar surface area (TPSA) is 34.2 Å². The van der Waals surface area contributed by atoms with Crippen molar-refractivity contribution in [2.24, 2.45) is 0 Å². The van der Waals surface area contributed by atoms with Gasteiger partial charge in [-0.05, 0) is 42.2 Å². The Labute approximate surface area is 126 Å². The van der Waals surface area contributed by atoms with Gasteiger partial charge in [0.05, 0.1) is 6.61 Å².